The molecule has 2 aliphatic carbocycles. The van der Waals surface area contributed by atoms with Crippen LogP contribution in [-0.2, 0) is 9.53 Å². The Morgan fingerprint density at radius 1 is 0.971 bits per heavy atom. The second kappa shape index (κ2) is 17.2. The molecule has 198 valence electrons. The van der Waals surface area contributed by atoms with Gasteiger partial charge in [-0.05, 0) is 89.1 Å². The molecule has 3 aliphatic rings. The van der Waals surface area contributed by atoms with Gasteiger partial charge < -0.3 is 4.74 Å². The van der Waals surface area contributed by atoms with Gasteiger partial charge in [0.1, 0.15) is 6.61 Å². The highest BCUT2D eigenvalue weighted by Crippen LogP contribution is 2.36. The number of rotatable bonds is 14. The van der Waals surface area contributed by atoms with Crippen LogP contribution in [0.15, 0.2) is 12.2 Å². The molecular weight excluding hydrogens is 430 g/mol. The van der Waals surface area contributed by atoms with Crippen molar-refractivity contribution >= 4 is 5.97 Å². The Balaban J connectivity index is 1.36. The minimum atomic E-state index is 0.0763. The van der Waals surface area contributed by atoms with Crippen LogP contribution in [0.3, 0.4) is 0 Å². The van der Waals surface area contributed by atoms with E-state index >= 15 is 0 Å². The molecule has 0 bridgehead atoms. The third-order valence-corrected chi connectivity index (χ3v) is 8.72. The van der Waals surface area contributed by atoms with Gasteiger partial charge in [0.25, 0.3) is 0 Å². The lowest BCUT2D eigenvalue weighted by Crippen LogP contribution is -2.34. The molecule has 35 heavy (non-hydrogen) atoms. The number of ether oxygens (including phenoxy) is 1. The lowest BCUT2D eigenvalue weighted by molar-refractivity contribution is -0.151. The molecule has 0 N–H and O–H groups in total. The van der Waals surface area contributed by atoms with Crippen molar-refractivity contribution in [1.29, 1.82) is 0 Å². The normalized spacial score (nSPS) is 24.5. The first-order valence-corrected chi connectivity index (χ1v) is 15.3. The first-order valence-electron chi connectivity index (χ1n) is 15.3. The molecule has 0 aromatic carbocycles. The molecule has 0 aromatic rings. The van der Waals surface area contributed by atoms with E-state index < -0.39 is 0 Å². The van der Waals surface area contributed by atoms with Crippen molar-refractivity contribution in [3.05, 3.63) is 12.2 Å². The van der Waals surface area contributed by atoms with Crippen LogP contribution >= 0.6 is 0 Å². The van der Waals surface area contributed by atoms with Gasteiger partial charge in [-0.2, -0.15) is 0 Å². The number of unbranched alkanes of at least 4 members (excludes halogenated alkanes) is 4. The third-order valence-electron chi connectivity index (χ3n) is 8.72. The summed E-state index contributed by atoms with van der Waals surface area (Å²) in [7, 11) is 0. The second-order valence-electron chi connectivity index (χ2n) is 11.4. The molecule has 3 fully saturated rings. The van der Waals surface area contributed by atoms with E-state index in [0.717, 1.165) is 38.1 Å². The molecule has 0 radical (unpaired) electrons. The summed E-state index contributed by atoms with van der Waals surface area (Å²) in [4.78, 5) is 15.4. The molecule has 1 heterocycles. The van der Waals surface area contributed by atoms with Gasteiger partial charge in [0.2, 0.25) is 0 Å². The van der Waals surface area contributed by atoms with Crippen LogP contribution in [0, 0.1) is 35.5 Å². The molecule has 2 saturated carbocycles. The smallest absolute Gasteiger partial charge is 0.309 e. The number of likely N-dealkylation sites (tertiary alicyclic amines) is 1. The molecular formula is C32H53NO2. The molecule has 1 saturated heterocycles. The van der Waals surface area contributed by atoms with Gasteiger partial charge in [-0.15, -0.1) is 5.92 Å². The van der Waals surface area contributed by atoms with E-state index in [-0.39, 0.29) is 11.9 Å². The Morgan fingerprint density at radius 3 is 2.60 bits per heavy atom. The second-order valence-corrected chi connectivity index (χ2v) is 11.4. The van der Waals surface area contributed by atoms with Crippen molar-refractivity contribution in [2.75, 3.05) is 26.2 Å². The van der Waals surface area contributed by atoms with Gasteiger partial charge in [-0.25, -0.2) is 0 Å². The van der Waals surface area contributed by atoms with E-state index in [1.54, 1.807) is 0 Å². The van der Waals surface area contributed by atoms with Crippen LogP contribution in [0.5, 0.6) is 0 Å². The van der Waals surface area contributed by atoms with E-state index in [4.69, 9.17) is 4.74 Å². The molecule has 1 unspecified atom stereocenters. The van der Waals surface area contributed by atoms with Crippen LogP contribution in [0.1, 0.15) is 122 Å². The predicted molar refractivity (Wildman–Crippen MR) is 147 cm³/mol. The monoisotopic (exact) mass is 483 g/mol. The average molecular weight is 484 g/mol. The number of esters is 1. The van der Waals surface area contributed by atoms with Crippen LogP contribution in [0.2, 0.25) is 0 Å². The summed E-state index contributed by atoms with van der Waals surface area (Å²) in [6, 6.07) is 0. The average Bonchev–Trinajstić information content (AvgIpc) is 3.56. The van der Waals surface area contributed by atoms with E-state index in [2.05, 4.69) is 35.8 Å². The van der Waals surface area contributed by atoms with E-state index in [9.17, 15) is 4.79 Å². The Labute approximate surface area is 216 Å². The van der Waals surface area contributed by atoms with Gasteiger partial charge >= 0.3 is 5.97 Å². The Morgan fingerprint density at radius 2 is 1.80 bits per heavy atom. The van der Waals surface area contributed by atoms with Crippen LogP contribution in [-0.4, -0.2) is 37.1 Å². The number of allylic oxidation sites excluding steroid dienone is 2. The number of nitrogens with zero attached hydrogens (tertiary/aromatic N) is 1. The number of carbonyl (C=O) groups excluding carboxylic acids is 1. The molecule has 3 heteroatoms. The minimum absolute atomic E-state index is 0.0763. The molecule has 3 nitrogen and oxygen atoms in total. The summed E-state index contributed by atoms with van der Waals surface area (Å²) in [5.74, 6) is 9.15. The topological polar surface area (TPSA) is 29.5 Å². The molecule has 1 aliphatic heterocycles. The lowest BCUT2D eigenvalue weighted by Gasteiger charge is -2.27. The van der Waals surface area contributed by atoms with Crippen molar-refractivity contribution in [3.8, 4) is 11.8 Å². The molecule has 0 aromatic heterocycles. The van der Waals surface area contributed by atoms with Crippen molar-refractivity contribution < 1.29 is 9.53 Å². The van der Waals surface area contributed by atoms with Gasteiger partial charge in [-0.3, -0.25) is 9.69 Å². The molecule has 0 amide bonds. The number of piperidine rings is 1. The third kappa shape index (κ3) is 10.7. The fraction of sp³-hybridized carbons (Fsp3) is 0.844. The van der Waals surface area contributed by atoms with Gasteiger partial charge in [0.05, 0.1) is 5.92 Å². The Hall–Kier alpha value is -1.27. The first kappa shape index (κ1) is 28.3. The molecule has 0 spiro atoms. The molecule has 3 rings (SSSR count). The number of hydrogen-bond donors (Lipinski definition) is 0. The van der Waals surface area contributed by atoms with Gasteiger partial charge in [0.15, 0.2) is 0 Å². The van der Waals surface area contributed by atoms with Crippen LogP contribution in [0.4, 0.5) is 0 Å². The summed E-state index contributed by atoms with van der Waals surface area (Å²) in [5.41, 5.74) is 0. The standard InChI is InChI=1S/C32H53NO2/c1-2-3-4-5-6-9-17-28-21-16-22-29(28)18-10-7-11-23-31(30-19-12-13-20-30)32(34)35-27-26-33-24-14-8-15-25-33/h7,10,28-31H,2-6,8,11-16,18-27H2,1H3/t28-,29-,31?/m0/s1. The summed E-state index contributed by atoms with van der Waals surface area (Å²) >= 11 is 0. The minimum Gasteiger partial charge on any atom is -0.464 e. The van der Waals surface area contributed by atoms with Gasteiger partial charge in [0, 0.05) is 18.9 Å². The maximum Gasteiger partial charge on any atom is 0.309 e. The number of hydrogen-bond acceptors (Lipinski definition) is 3. The first-order chi connectivity index (χ1) is 17.3. The predicted octanol–water partition coefficient (Wildman–Crippen LogP) is 7.94. The van der Waals surface area contributed by atoms with Gasteiger partial charge in [-0.1, -0.05) is 69.9 Å². The zero-order valence-corrected chi connectivity index (χ0v) is 22.8. The quantitative estimate of drug-likeness (QED) is 0.109. The SMILES string of the molecule is CCCCCCC#C[C@H]1CCC[C@@H]1CC=CCCC(C(=O)OCCN1CCCCC1)C1CCCC1. The Bertz CT molecular complexity index is 663. The molecule has 3 atom stereocenters. The van der Waals surface area contributed by atoms with Crippen LogP contribution < -0.4 is 0 Å². The van der Waals surface area contributed by atoms with E-state index in [1.807, 2.05) is 0 Å². The summed E-state index contributed by atoms with van der Waals surface area (Å²) < 4.78 is 5.82. The Kier molecular flexibility index (Phi) is 13.9. The summed E-state index contributed by atoms with van der Waals surface area (Å²) in [6.45, 7) is 6.08. The van der Waals surface area contributed by atoms with Crippen molar-refractivity contribution in [2.24, 2.45) is 23.7 Å². The summed E-state index contributed by atoms with van der Waals surface area (Å²) in [6.07, 6.45) is 27.0. The van der Waals surface area contributed by atoms with E-state index in [0.29, 0.717) is 18.4 Å². The maximum atomic E-state index is 13.0. The highest BCUT2D eigenvalue weighted by Gasteiger charge is 2.31. The fourth-order valence-corrected chi connectivity index (χ4v) is 6.49. The van der Waals surface area contributed by atoms with Crippen molar-refractivity contribution in [3.63, 3.8) is 0 Å². The highest BCUT2D eigenvalue weighted by molar-refractivity contribution is 5.72. The largest absolute Gasteiger partial charge is 0.464 e. The van der Waals surface area contributed by atoms with Crippen molar-refractivity contribution in [1.82, 2.24) is 4.90 Å². The van der Waals surface area contributed by atoms with Crippen LogP contribution in [0.25, 0.3) is 0 Å². The van der Waals surface area contributed by atoms with Crippen molar-refractivity contribution in [2.45, 2.75) is 122 Å². The van der Waals surface area contributed by atoms with E-state index in [1.165, 1.54) is 103 Å². The maximum absolute atomic E-state index is 13.0. The zero-order valence-electron chi connectivity index (χ0n) is 22.8. The highest BCUT2D eigenvalue weighted by atomic mass is 16.5. The summed E-state index contributed by atoms with van der Waals surface area (Å²) in [5, 5.41) is 0. The zero-order chi connectivity index (χ0) is 24.6. The fourth-order valence-electron chi connectivity index (χ4n) is 6.49. The lowest BCUT2D eigenvalue weighted by atomic mass is 9.87. The number of carbonyl (C=O) groups is 1.